The van der Waals surface area contributed by atoms with Crippen LogP contribution in [0.25, 0.3) is 10.9 Å². The van der Waals surface area contributed by atoms with Crippen molar-refractivity contribution in [2.45, 2.75) is 84.2 Å². The van der Waals surface area contributed by atoms with Gasteiger partial charge in [0.25, 0.3) is 0 Å². The van der Waals surface area contributed by atoms with Crippen LogP contribution in [0.4, 0.5) is 4.79 Å². The maximum absolute atomic E-state index is 13.2. The molecule has 1 aromatic heterocycles. The summed E-state index contributed by atoms with van der Waals surface area (Å²) < 4.78 is 13.4. The van der Waals surface area contributed by atoms with Crippen molar-refractivity contribution in [1.82, 2.24) is 14.4 Å². The highest BCUT2D eigenvalue weighted by molar-refractivity contribution is 5.95. The Morgan fingerprint density at radius 1 is 0.977 bits per heavy atom. The molecule has 0 radical (unpaired) electrons. The van der Waals surface area contributed by atoms with Crippen LogP contribution in [0.15, 0.2) is 72.9 Å². The summed E-state index contributed by atoms with van der Waals surface area (Å²) in [4.78, 5) is 18.6. The molecule has 6 rings (SSSR count). The van der Waals surface area contributed by atoms with E-state index in [1.54, 1.807) is 11.7 Å². The fraction of sp³-hybridized carbons (Fsp3) is 0.432. The second-order valence-corrected chi connectivity index (χ2v) is 13.5. The number of piperidine rings is 2. The Hall–Kier alpha value is -3.61. The van der Waals surface area contributed by atoms with E-state index in [2.05, 4.69) is 83.5 Å². The zero-order valence-corrected chi connectivity index (χ0v) is 26.5. The number of likely N-dealkylation sites (tertiary alicyclic amines) is 2. The van der Waals surface area contributed by atoms with Gasteiger partial charge in [-0.25, -0.2) is 4.79 Å². The Morgan fingerprint density at radius 2 is 1.72 bits per heavy atom. The summed E-state index contributed by atoms with van der Waals surface area (Å²) in [5, 5.41) is 1.05. The van der Waals surface area contributed by atoms with Crippen molar-refractivity contribution in [3.8, 4) is 5.75 Å². The minimum absolute atomic E-state index is 0.0697. The van der Waals surface area contributed by atoms with Crippen molar-refractivity contribution >= 4 is 17.0 Å². The van der Waals surface area contributed by atoms with E-state index in [0.29, 0.717) is 6.04 Å². The molecule has 2 aliphatic heterocycles. The number of rotatable bonds is 6. The van der Waals surface area contributed by atoms with Crippen LogP contribution < -0.4 is 4.74 Å². The van der Waals surface area contributed by atoms with Crippen LogP contribution in [0.1, 0.15) is 67.9 Å². The van der Waals surface area contributed by atoms with Gasteiger partial charge in [0.15, 0.2) is 0 Å². The van der Waals surface area contributed by atoms with Gasteiger partial charge in [-0.05, 0) is 82.7 Å². The van der Waals surface area contributed by atoms with E-state index >= 15 is 0 Å². The summed E-state index contributed by atoms with van der Waals surface area (Å²) in [6, 6.07) is 24.7. The number of methoxy groups -OCH3 is 1. The molecule has 2 aliphatic rings. The normalized spacial score (nSPS) is 21.2. The quantitative estimate of drug-likeness (QED) is 0.233. The zero-order valence-electron chi connectivity index (χ0n) is 26.5. The molecule has 3 aromatic carbocycles. The molecule has 6 nitrogen and oxygen atoms in total. The molecular weight excluding hydrogens is 534 g/mol. The van der Waals surface area contributed by atoms with E-state index in [-0.39, 0.29) is 11.6 Å². The Bertz CT molecular complexity index is 1600. The highest BCUT2D eigenvalue weighted by atomic mass is 16.6. The number of carbonyl (C=O) groups excluding carboxylic acids is 1. The molecule has 3 heterocycles. The Balaban J connectivity index is 1.37. The van der Waals surface area contributed by atoms with E-state index in [0.717, 1.165) is 73.2 Å². The third kappa shape index (κ3) is 5.71. The monoisotopic (exact) mass is 579 g/mol. The summed E-state index contributed by atoms with van der Waals surface area (Å²) in [5.41, 5.74) is 6.43. The van der Waals surface area contributed by atoms with Gasteiger partial charge in [0.2, 0.25) is 0 Å². The summed E-state index contributed by atoms with van der Waals surface area (Å²) in [6.07, 6.45) is 4.77. The highest BCUT2D eigenvalue weighted by Gasteiger charge is 2.48. The maximum Gasteiger partial charge on any atom is 0.419 e. The van der Waals surface area contributed by atoms with Gasteiger partial charge in [0.05, 0.1) is 12.6 Å². The van der Waals surface area contributed by atoms with Gasteiger partial charge < -0.3 is 9.47 Å². The summed E-state index contributed by atoms with van der Waals surface area (Å²) in [5.74, 6) is 0.870. The van der Waals surface area contributed by atoms with Crippen molar-refractivity contribution in [2.75, 3.05) is 20.2 Å². The fourth-order valence-electron chi connectivity index (χ4n) is 7.35. The van der Waals surface area contributed by atoms with Crippen molar-refractivity contribution in [3.63, 3.8) is 0 Å². The van der Waals surface area contributed by atoms with Crippen LogP contribution in [0.3, 0.4) is 0 Å². The number of aryl methyl sites for hydroxylation is 2. The predicted octanol–water partition coefficient (Wildman–Crippen LogP) is 7.82. The van der Waals surface area contributed by atoms with Crippen LogP contribution in [0.5, 0.6) is 5.75 Å². The minimum atomic E-state index is -0.572. The number of aromatic nitrogens is 1. The number of hydrogen-bond acceptors (Lipinski definition) is 5. The van der Waals surface area contributed by atoms with Gasteiger partial charge in [-0.1, -0.05) is 60.2 Å². The van der Waals surface area contributed by atoms with Crippen molar-refractivity contribution in [2.24, 2.45) is 0 Å². The molecule has 43 heavy (non-hydrogen) atoms. The molecule has 2 atom stereocenters. The number of carbonyl (C=O) groups is 1. The van der Waals surface area contributed by atoms with Gasteiger partial charge >= 0.3 is 6.09 Å². The average molecular weight is 580 g/mol. The zero-order chi connectivity index (χ0) is 30.4. The molecule has 4 aromatic rings. The van der Waals surface area contributed by atoms with E-state index in [1.165, 1.54) is 16.7 Å². The second-order valence-electron chi connectivity index (χ2n) is 13.5. The number of nitrogens with zero attached hydrogens (tertiary/aromatic N) is 3. The number of hydrogen-bond donors (Lipinski definition) is 0. The average Bonchev–Trinajstić information content (AvgIpc) is 3.43. The van der Waals surface area contributed by atoms with Crippen molar-refractivity contribution in [3.05, 3.63) is 101 Å². The van der Waals surface area contributed by atoms with Crippen molar-refractivity contribution < 1.29 is 14.3 Å². The topological polar surface area (TPSA) is 46.9 Å². The summed E-state index contributed by atoms with van der Waals surface area (Å²) in [6.45, 7) is 13.7. The molecular formula is C37H45N3O3. The van der Waals surface area contributed by atoms with Gasteiger partial charge in [-0.2, -0.15) is 0 Å². The Kier molecular flexibility index (Phi) is 7.86. The van der Waals surface area contributed by atoms with Crippen LogP contribution in [0, 0.1) is 13.8 Å². The molecule has 6 heteroatoms. The number of benzene rings is 3. The molecule has 0 spiro atoms. The lowest BCUT2D eigenvalue weighted by atomic mass is 9.72. The van der Waals surface area contributed by atoms with Gasteiger partial charge in [-0.15, -0.1) is 0 Å². The van der Waals surface area contributed by atoms with E-state index in [4.69, 9.17) is 9.47 Å². The molecule has 2 fully saturated rings. The first kappa shape index (κ1) is 29.5. The molecule has 0 aliphatic carbocycles. The number of fused-ring (bicyclic) bond motifs is 3. The smallest absolute Gasteiger partial charge is 0.419 e. The van der Waals surface area contributed by atoms with E-state index < -0.39 is 5.60 Å². The van der Waals surface area contributed by atoms with E-state index in [9.17, 15) is 4.79 Å². The van der Waals surface area contributed by atoms with Gasteiger partial charge in [0.1, 0.15) is 11.4 Å². The first-order chi connectivity index (χ1) is 20.6. The highest BCUT2D eigenvalue weighted by Crippen LogP contribution is 2.47. The van der Waals surface area contributed by atoms with E-state index in [1.807, 2.05) is 33.9 Å². The lowest BCUT2D eigenvalue weighted by Crippen LogP contribution is -2.61. The molecule has 2 unspecified atom stereocenters. The lowest BCUT2D eigenvalue weighted by molar-refractivity contribution is -0.0630. The molecule has 0 N–H and O–H groups in total. The van der Waals surface area contributed by atoms with Crippen LogP contribution >= 0.6 is 0 Å². The second kappa shape index (κ2) is 11.5. The third-order valence-electron chi connectivity index (χ3n) is 9.45. The van der Waals surface area contributed by atoms with Crippen LogP contribution in [-0.2, 0) is 23.4 Å². The molecule has 2 saturated heterocycles. The van der Waals surface area contributed by atoms with Crippen LogP contribution in [-0.4, -0.2) is 52.3 Å². The summed E-state index contributed by atoms with van der Waals surface area (Å²) in [7, 11) is 1.75. The molecule has 2 bridgehead atoms. The fourth-order valence-corrected chi connectivity index (χ4v) is 7.35. The Morgan fingerprint density at radius 3 is 2.42 bits per heavy atom. The lowest BCUT2D eigenvalue weighted by Gasteiger charge is -2.57. The molecule has 226 valence electrons. The predicted molar refractivity (Wildman–Crippen MR) is 173 cm³/mol. The Labute approximate surface area is 256 Å². The first-order valence-electron chi connectivity index (χ1n) is 15.6. The van der Waals surface area contributed by atoms with Gasteiger partial charge in [0, 0.05) is 54.9 Å². The minimum Gasteiger partial charge on any atom is -0.496 e. The number of ether oxygens (including phenoxy) is 2. The summed E-state index contributed by atoms with van der Waals surface area (Å²) >= 11 is 0. The molecule has 0 saturated carbocycles. The third-order valence-corrected chi connectivity index (χ3v) is 9.45. The van der Waals surface area contributed by atoms with Crippen molar-refractivity contribution in [1.29, 1.82) is 0 Å². The largest absolute Gasteiger partial charge is 0.496 e. The van der Waals surface area contributed by atoms with Crippen LogP contribution in [0.2, 0.25) is 0 Å². The standard InChI is InChI=1S/C37H45N3O3/c1-26-12-14-29(15-13-26)37-18-21-38(24-28-10-8-7-9-11-28)30(23-37)16-19-39(37)25-32-31-17-20-40(35(41)43-36(3,4)5)34(31)27(2)22-33(32)42-6/h7-15,17,20,22,30H,16,18-19,21,23-25H2,1-6H3. The first-order valence-corrected chi connectivity index (χ1v) is 15.6. The SMILES string of the molecule is COc1cc(C)c2c(ccn2C(=O)OC(C)(C)C)c1CN1CCC2CC1(c1ccc(C)cc1)CCN2Cc1ccccc1. The van der Waals surface area contributed by atoms with Gasteiger partial charge in [-0.3, -0.25) is 14.4 Å². The molecule has 0 amide bonds. The maximum atomic E-state index is 13.2.